The van der Waals surface area contributed by atoms with Gasteiger partial charge in [-0.25, -0.2) is 0 Å². The van der Waals surface area contributed by atoms with E-state index in [9.17, 15) is 4.79 Å². The summed E-state index contributed by atoms with van der Waals surface area (Å²) < 4.78 is 0. The number of carbonyl (C=O) groups is 1. The average Bonchev–Trinajstić information content (AvgIpc) is 3.04. The minimum absolute atomic E-state index is 0. The Labute approximate surface area is 171 Å². The van der Waals surface area contributed by atoms with Gasteiger partial charge in [0.1, 0.15) is 0 Å². The van der Waals surface area contributed by atoms with Gasteiger partial charge in [-0.15, -0.1) is 35.3 Å². The van der Waals surface area contributed by atoms with Crippen LogP contribution in [0.2, 0.25) is 0 Å². The number of carbonyl (C=O) groups excluding carboxylic acids is 1. The fourth-order valence-corrected chi connectivity index (χ4v) is 3.49. The van der Waals surface area contributed by atoms with Gasteiger partial charge >= 0.3 is 0 Å². The maximum Gasteiger partial charge on any atom is 0.239 e. The van der Waals surface area contributed by atoms with Gasteiger partial charge in [0.15, 0.2) is 5.96 Å². The quantitative estimate of drug-likeness (QED) is 0.353. The zero-order chi connectivity index (χ0) is 17.6. The van der Waals surface area contributed by atoms with Crippen molar-refractivity contribution in [1.82, 2.24) is 16.0 Å². The van der Waals surface area contributed by atoms with Crippen molar-refractivity contribution in [3.63, 3.8) is 0 Å². The van der Waals surface area contributed by atoms with Crippen LogP contribution >= 0.6 is 35.3 Å². The molecule has 1 aliphatic rings. The smallest absolute Gasteiger partial charge is 0.239 e. The molecule has 25 heavy (non-hydrogen) atoms. The first-order valence-corrected chi connectivity index (χ1v) is 9.32. The Morgan fingerprint density at radius 1 is 1.36 bits per heavy atom. The lowest BCUT2D eigenvalue weighted by molar-refractivity contribution is -0.121. The molecule has 0 unspecified atom stereocenters. The molecule has 2 rings (SSSR count). The van der Waals surface area contributed by atoms with E-state index in [1.54, 1.807) is 18.4 Å². The molecule has 8 heteroatoms. The van der Waals surface area contributed by atoms with Crippen molar-refractivity contribution in [1.29, 1.82) is 0 Å². The van der Waals surface area contributed by atoms with Crippen LogP contribution in [0.1, 0.15) is 33.6 Å². The summed E-state index contributed by atoms with van der Waals surface area (Å²) in [5.41, 5.74) is -0.218. The maximum absolute atomic E-state index is 11.9. The molecular weight excluding hydrogens is 449 g/mol. The number of rotatable bonds is 4. The Hall–Kier alpha value is -1.03. The van der Waals surface area contributed by atoms with E-state index in [1.807, 2.05) is 20.8 Å². The van der Waals surface area contributed by atoms with E-state index >= 15 is 0 Å². The number of amides is 1. The van der Waals surface area contributed by atoms with Crippen LogP contribution in [-0.4, -0.2) is 50.1 Å². The molecule has 1 aliphatic heterocycles. The van der Waals surface area contributed by atoms with Crippen LogP contribution in [0.3, 0.4) is 0 Å². The van der Waals surface area contributed by atoms with Gasteiger partial charge in [0.2, 0.25) is 5.91 Å². The third-order valence-electron chi connectivity index (χ3n) is 3.81. The highest BCUT2D eigenvalue weighted by atomic mass is 127. The second kappa shape index (κ2) is 10.2. The molecule has 0 radical (unpaired) electrons. The molecule has 0 bridgehead atoms. The number of hydrogen-bond donors (Lipinski definition) is 3. The molecular formula is C17H30IN5OS. The number of hydrogen-bond acceptors (Lipinski definition) is 4. The Balaban J connectivity index is 0.00000312. The van der Waals surface area contributed by atoms with Gasteiger partial charge in [-0.1, -0.05) is 0 Å². The first-order chi connectivity index (χ1) is 11.4. The molecule has 0 atom stereocenters. The predicted molar refractivity (Wildman–Crippen MR) is 117 cm³/mol. The van der Waals surface area contributed by atoms with E-state index in [-0.39, 0.29) is 42.0 Å². The Bertz CT molecular complexity index is 548. The summed E-state index contributed by atoms with van der Waals surface area (Å²) in [6, 6.07) is 4.66. The number of thiophene rings is 1. The summed E-state index contributed by atoms with van der Waals surface area (Å²) in [5, 5.41) is 12.9. The molecule has 0 saturated carbocycles. The van der Waals surface area contributed by atoms with Gasteiger partial charge in [0.25, 0.3) is 0 Å². The van der Waals surface area contributed by atoms with Gasteiger partial charge in [-0.05, 0) is 51.1 Å². The van der Waals surface area contributed by atoms with Crippen LogP contribution in [0.15, 0.2) is 22.5 Å². The molecule has 6 nitrogen and oxygen atoms in total. The van der Waals surface area contributed by atoms with Crippen molar-refractivity contribution < 1.29 is 4.79 Å². The summed E-state index contributed by atoms with van der Waals surface area (Å²) in [7, 11) is 1.73. The second-order valence-electron chi connectivity index (χ2n) is 7.08. The van der Waals surface area contributed by atoms with E-state index in [0.717, 1.165) is 25.9 Å². The van der Waals surface area contributed by atoms with E-state index in [0.29, 0.717) is 12.0 Å². The molecule has 1 aromatic rings. The Morgan fingerprint density at radius 3 is 2.56 bits per heavy atom. The van der Waals surface area contributed by atoms with Crippen molar-refractivity contribution in [3.8, 4) is 0 Å². The first kappa shape index (κ1) is 22.0. The molecule has 0 aromatic carbocycles. The highest BCUT2D eigenvalue weighted by molar-refractivity contribution is 14.0. The minimum Gasteiger partial charge on any atom is -0.363 e. The summed E-state index contributed by atoms with van der Waals surface area (Å²) in [4.78, 5) is 18.5. The van der Waals surface area contributed by atoms with Gasteiger partial charge in [-0.3, -0.25) is 9.79 Å². The number of anilines is 1. The third kappa shape index (κ3) is 7.81. The standard InChI is InChI=1S/C17H29N5OS.HI/c1-17(2,3)21-14(23)12-19-16(18-4)20-13-7-9-22(10-8-13)15-6-5-11-24-15;/h5-6,11,13H,7-10,12H2,1-4H3,(H,21,23)(H2,18,19,20);1H. The van der Waals surface area contributed by atoms with Crippen molar-refractivity contribution in [2.75, 3.05) is 31.6 Å². The molecule has 142 valence electrons. The molecule has 2 heterocycles. The largest absolute Gasteiger partial charge is 0.363 e. The number of nitrogens with one attached hydrogen (secondary N) is 3. The second-order valence-corrected chi connectivity index (χ2v) is 8.01. The summed E-state index contributed by atoms with van der Waals surface area (Å²) in [5.74, 6) is 0.659. The number of halogens is 1. The van der Waals surface area contributed by atoms with Gasteiger partial charge in [-0.2, -0.15) is 0 Å². The molecule has 0 spiro atoms. The van der Waals surface area contributed by atoms with Crippen LogP contribution in [0, 0.1) is 0 Å². The molecule has 1 fully saturated rings. The fraction of sp³-hybridized carbons (Fsp3) is 0.647. The van der Waals surface area contributed by atoms with Crippen molar-refractivity contribution in [2.45, 2.75) is 45.2 Å². The molecule has 3 N–H and O–H groups in total. The molecule has 0 aliphatic carbocycles. The molecule has 1 amide bonds. The van der Waals surface area contributed by atoms with Gasteiger partial charge < -0.3 is 20.9 Å². The highest BCUT2D eigenvalue weighted by Gasteiger charge is 2.21. The minimum atomic E-state index is -0.218. The lowest BCUT2D eigenvalue weighted by Gasteiger charge is -2.33. The van der Waals surface area contributed by atoms with Crippen LogP contribution < -0.4 is 20.9 Å². The molecule has 1 aromatic heterocycles. The first-order valence-electron chi connectivity index (χ1n) is 8.44. The Kier molecular flexibility index (Phi) is 8.98. The monoisotopic (exact) mass is 479 g/mol. The summed E-state index contributed by atoms with van der Waals surface area (Å²) in [6.07, 6.45) is 2.12. The SMILES string of the molecule is CN=C(NCC(=O)NC(C)(C)C)NC1CCN(c2cccs2)CC1.I. The van der Waals surface area contributed by atoms with E-state index in [1.165, 1.54) is 5.00 Å². The van der Waals surface area contributed by atoms with E-state index in [2.05, 4.69) is 43.4 Å². The van der Waals surface area contributed by atoms with Crippen molar-refractivity contribution >= 4 is 52.2 Å². The summed E-state index contributed by atoms with van der Waals surface area (Å²) >= 11 is 1.79. The van der Waals surface area contributed by atoms with Crippen molar-refractivity contribution in [2.24, 2.45) is 4.99 Å². The van der Waals surface area contributed by atoms with Crippen LogP contribution in [0.4, 0.5) is 5.00 Å². The number of nitrogens with zero attached hydrogens (tertiary/aromatic N) is 2. The van der Waals surface area contributed by atoms with Crippen LogP contribution in [-0.2, 0) is 4.79 Å². The number of piperidine rings is 1. The highest BCUT2D eigenvalue weighted by Crippen LogP contribution is 2.24. The molecule has 1 saturated heterocycles. The zero-order valence-electron chi connectivity index (χ0n) is 15.5. The number of guanidine groups is 1. The fourth-order valence-electron chi connectivity index (χ4n) is 2.71. The van der Waals surface area contributed by atoms with E-state index < -0.39 is 0 Å². The zero-order valence-corrected chi connectivity index (χ0v) is 18.6. The van der Waals surface area contributed by atoms with E-state index in [4.69, 9.17) is 0 Å². The normalized spacial score (nSPS) is 16.2. The lowest BCUT2D eigenvalue weighted by Crippen LogP contribution is -2.51. The predicted octanol–water partition coefficient (Wildman–Crippen LogP) is 2.41. The van der Waals surface area contributed by atoms with Crippen LogP contribution in [0.5, 0.6) is 0 Å². The lowest BCUT2D eigenvalue weighted by atomic mass is 10.1. The third-order valence-corrected chi connectivity index (χ3v) is 4.74. The average molecular weight is 479 g/mol. The van der Waals surface area contributed by atoms with Crippen molar-refractivity contribution in [3.05, 3.63) is 17.5 Å². The number of aliphatic imine (C=N–C) groups is 1. The summed E-state index contributed by atoms with van der Waals surface area (Å²) in [6.45, 7) is 8.22. The Morgan fingerprint density at radius 2 is 2.04 bits per heavy atom. The van der Waals surface area contributed by atoms with Crippen LogP contribution in [0.25, 0.3) is 0 Å². The maximum atomic E-state index is 11.9. The van der Waals surface area contributed by atoms with Gasteiger partial charge in [0.05, 0.1) is 11.5 Å². The van der Waals surface area contributed by atoms with Gasteiger partial charge in [0, 0.05) is 31.7 Å². The topological polar surface area (TPSA) is 68.8 Å².